The third kappa shape index (κ3) is 3.53. The molecule has 0 bridgehead atoms. The number of aryl methyl sites for hydroxylation is 1. The van der Waals surface area contributed by atoms with E-state index < -0.39 is 0 Å². The van der Waals surface area contributed by atoms with E-state index in [0.717, 1.165) is 17.9 Å². The van der Waals surface area contributed by atoms with E-state index in [9.17, 15) is 0 Å². The van der Waals surface area contributed by atoms with Gasteiger partial charge in [-0.3, -0.25) is 0 Å². The lowest BCUT2D eigenvalue weighted by Gasteiger charge is -2.12. The third-order valence-electron chi connectivity index (χ3n) is 2.39. The van der Waals surface area contributed by atoms with Crippen LogP contribution in [0.2, 0.25) is 0 Å². The number of ether oxygens (including phenoxy) is 1. The first-order valence-corrected chi connectivity index (χ1v) is 5.15. The molecule has 0 heterocycles. The summed E-state index contributed by atoms with van der Waals surface area (Å²) < 4.78 is 5.19. The minimum Gasteiger partial charge on any atom is -0.496 e. The molecule has 0 spiro atoms. The van der Waals surface area contributed by atoms with Gasteiger partial charge in [-0.25, -0.2) is 0 Å². The van der Waals surface area contributed by atoms with Crippen LogP contribution in [0.15, 0.2) is 18.2 Å². The molecule has 0 fully saturated rings. The van der Waals surface area contributed by atoms with Gasteiger partial charge in [0.1, 0.15) is 5.75 Å². The highest BCUT2D eigenvalue weighted by molar-refractivity contribution is 5.36. The van der Waals surface area contributed by atoms with Crippen molar-refractivity contribution in [1.82, 2.24) is 5.32 Å². The summed E-state index contributed by atoms with van der Waals surface area (Å²) in [5.41, 5.74) is 2.34. The average molecular weight is 209 g/mol. The normalized spacial score (nSPS) is 12.5. The third-order valence-corrected chi connectivity index (χ3v) is 2.39. The predicted molar refractivity (Wildman–Crippen MR) is 61.1 cm³/mol. The standard InChI is InChI=1S/C12H19NO2/c1-9-6-11(4-5-12(9)15-3)7-13-10(2)8-14/h4-6,10,13-14H,7-8H2,1-3H3/t10-/m1/s1. The van der Waals surface area contributed by atoms with Gasteiger partial charge < -0.3 is 15.2 Å². The summed E-state index contributed by atoms with van der Waals surface area (Å²) in [6, 6.07) is 6.22. The quantitative estimate of drug-likeness (QED) is 0.771. The van der Waals surface area contributed by atoms with Crippen LogP contribution in [-0.4, -0.2) is 24.9 Å². The van der Waals surface area contributed by atoms with Crippen LogP contribution in [0.4, 0.5) is 0 Å². The highest BCUT2D eigenvalue weighted by atomic mass is 16.5. The van der Waals surface area contributed by atoms with Crippen molar-refractivity contribution in [3.63, 3.8) is 0 Å². The van der Waals surface area contributed by atoms with Crippen molar-refractivity contribution in [2.45, 2.75) is 26.4 Å². The molecule has 15 heavy (non-hydrogen) atoms. The van der Waals surface area contributed by atoms with Crippen LogP contribution in [0, 0.1) is 6.92 Å². The molecular weight excluding hydrogens is 190 g/mol. The predicted octanol–water partition coefficient (Wildman–Crippen LogP) is 1.47. The molecule has 84 valence electrons. The summed E-state index contributed by atoms with van der Waals surface area (Å²) in [4.78, 5) is 0. The molecule has 0 unspecified atom stereocenters. The van der Waals surface area contributed by atoms with Gasteiger partial charge in [0.25, 0.3) is 0 Å². The summed E-state index contributed by atoms with van der Waals surface area (Å²) in [5, 5.41) is 12.1. The molecule has 0 aliphatic carbocycles. The molecule has 1 atom stereocenters. The summed E-state index contributed by atoms with van der Waals surface area (Å²) in [7, 11) is 1.67. The molecule has 2 N–H and O–H groups in total. The number of aliphatic hydroxyl groups is 1. The molecule has 1 aromatic carbocycles. The average Bonchev–Trinajstić information content (AvgIpc) is 2.26. The second kappa shape index (κ2) is 5.73. The van der Waals surface area contributed by atoms with Gasteiger partial charge in [-0.15, -0.1) is 0 Å². The highest BCUT2D eigenvalue weighted by Crippen LogP contribution is 2.18. The van der Waals surface area contributed by atoms with E-state index in [0.29, 0.717) is 0 Å². The lowest BCUT2D eigenvalue weighted by molar-refractivity contribution is 0.251. The van der Waals surface area contributed by atoms with Crippen LogP contribution in [0.5, 0.6) is 5.75 Å². The molecule has 0 radical (unpaired) electrons. The highest BCUT2D eigenvalue weighted by Gasteiger charge is 2.02. The zero-order valence-corrected chi connectivity index (χ0v) is 9.58. The molecule has 3 heteroatoms. The lowest BCUT2D eigenvalue weighted by Crippen LogP contribution is -2.28. The fourth-order valence-electron chi connectivity index (χ4n) is 1.41. The molecular formula is C12H19NO2. The van der Waals surface area contributed by atoms with Crippen molar-refractivity contribution in [2.24, 2.45) is 0 Å². The van der Waals surface area contributed by atoms with Gasteiger partial charge in [0.2, 0.25) is 0 Å². The number of hydrogen-bond acceptors (Lipinski definition) is 3. The number of nitrogens with one attached hydrogen (secondary N) is 1. The zero-order valence-electron chi connectivity index (χ0n) is 9.58. The molecule has 3 nitrogen and oxygen atoms in total. The molecule has 0 saturated heterocycles. The summed E-state index contributed by atoms with van der Waals surface area (Å²) in [5.74, 6) is 0.911. The van der Waals surface area contributed by atoms with Crippen LogP contribution in [0.3, 0.4) is 0 Å². The Bertz CT molecular complexity index is 312. The van der Waals surface area contributed by atoms with E-state index in [4.69, 9.17) is 9.84 Å². The largest absolute Gasteiger partial charge is 0.496 e. The number of rotatable bonds is 5. The van der Waals surface area contributed by atoms with Crippen molar-refractivity contribution in [3.8, 4) is 5.75 Å². The first-order chi connectivity index (χ1) is 7.17. The van der Waals surface area contributed by atoms with Gasteiger partial charge in [-0.2, -0.15) is 0 Å². The van der Waals surface area contributed by atoms with Gasteiger partial charge in [0.15, 0.2) is 0 Å². The number of hydrogen-bond donors (Lipinski definition) is 2. The molecule has 0 aliphatic rings. The first-order valence-electron chi connectivity index (χ1n) is 5.15. The maximum absolute atomic E-state index is 8.87. The van der Waals surface area contributed by atoms with Crippen molar-refractivity contribution in [3.05, 3.63) is 29.3 Å². The molecule has 0 amide bonds. The van der Waals surface area contributed by atoms with Crippen LogP contribution in [-0.2, 0) is 6.54 Å². The van der Waals surface area contributed by atoms with Gasteiger partial charge in [-0.05, 0) is 31.0 Å². The van der Waals surface area contributed by atoms with Crippen molar-refractivity contribution >= 4 is 0 Å². The summed E-state index contributed by atoms with van der Waals surface area (Å²) in [6.07, 6.45) is 0. The Morgan fingerprint density at radius 3 is 2.73 bits per heavy atom. The van der Waals surface area contributed by atoms with Crippen LogP contribution in [0.1, 0.15) is 18.1 Å². The second-order valence-corrected chi connectivity index (χ2v) is 3.77. The van der Waals surface area contributed by atoms with Crippen molar-refractivity contribution < 1.29 is 9.84 Å². The van der Waals surface area contributed by atoms with Gasteiger partial charge in [0, 0.05) is 12.6 Å². The fraction of sp³-hybridized carbons (Fsp3) is 0.500. The number of aliphatic hydroxyl groups excluding tert-OH is 1. The van der Waals surface area contributed by atoms with Gasteiger partial charge >= 0.3 is 0 Å². The van der Waals surface area contributed by atoms with E-state index in [-0.39, 0.29) is 12.6 Å². The smallest absolute Gasteiger partial charge is 0.121 e. The minimum absolute atomic E-state index is 0.132. The van der Waals surface area contributed by atoms with E-state index >= 15 is 0 Å². The Morgan fingerprint density at radius 1 is 1.47 bits per heavy atom. The SMILES string of the molecule is COc1ccc(CN[C@H](C)CO)cc1C. The molecule has 0 aliphatic heterocycles. The molecule has 0 aromatic heterocycles. The van der Waals surface area contributed by atoms with Crippen molar-refractivity contribution in [2.75, 3.05) is 13.7 Å². The van der Waals surface area contributed by atoms with E-state index in [2.05, 4.69) is 11.4 Å². The van der Waals surface area contributed by atoms with E-state index in [1.165, 1.54) is 5.56 Å². The van der Waals surface area contributed by atoms with Crippen LogP contribution >= 0.6 is 0 Å². The Kier molecular flexibility index (Phi) is 4.59. The lowest BCUT2D eigenvalue weighted by atomic mass is 10.1. The number of benzene rings is 1. The maximum atomic E-state index is 8.87. The van der Waals surface area contributed by atoms with Gasteiger partial charge in [-0.1, -0.05) is 12.1 Å². The number of methoxy groups -OCH3 is 1. The van der Waals surface area contributed by atoms with Crippen LogP contribution in [0.25, 0.3) is 0 Å². The maximum Gasteiger partial charge on any atom is 0.121 e. The van der Waals surface area contributed by atoms with Gasteiger partial charge in [0.05, 0.1) is 13.7 Å². The Hall–Kier alpha value is -1.06. The Morgan fingerprint density at radius 2 is 2.20 bits per heavy atom. The molecule has 1 rings (SSSR count). The second-order valence-electron chi connectivity index (χ2n) is 3.77. The Labute approximate surface area is 91.1 Å². The topological polar surface area (TPSA) is 41.5 Å². The van der Waals surface area contributed by atoms with Crippen molar-refractivity contribution in [1.29, 1.82) is 0 Å². The van der Waals surface area contributed by atoms with Crippen LogP contribution < -0.4 is 10.1 Å². The fourth-order valence-corrected chi connectivity index (χ4v) is 1.41. The minimum atomic E-state index is 0.132. The molecule has 1 aromatic rings. The monoisotopic (exact) mass is 209 g/mol. The summed E-state index contributed by atoms with van der Waals surface area (Å²) in [6.45, 7) is 4.91. The van der Waals surface area contributed by atoms with E-state index in [1.807, 2.05) is 26.0 Å². The first kappa shape index (κ1) is 12.0. The molecule has 0 saturated carbocycles. The zero-order chi connectivity index (χ0) is 11.3. The van der Waals surface area contributed by atoms with E-state index in [1.54, 1.807) is 7.11 Å². The Balaban J connectivity index is 2.59. The summed E-state index contributed by atoms with van der Waals surface area (Å²) >= 11 is 0.